The van der Waals surface area contributed by atoms with Gasteiger partial charge in [0.25, 0.3) is 0 Å². The van der Waals surface area contributed by atoms with E-state index in [0.717, 1.165) is 64.7 Å². The number of morpholine rings is 1. The first kappa shape index (κ1) is 25.9. The number of nitrogens with one attached hydrogen (secondary N) is 2. The van der Waals surface area contributed by atoms with E-state index in [1.165, 1.54) is 0 Å². The number of ether oxygens (including phenoxy) is 1. The molecule has 2 rings (SSSR count). The Morgan fingerprint density at radius 1 is 1.18 bits per heavy atom. The van der Waals surface area contributed by atoms with Gasteiger partial charge < -0.3 is 15.4 Å². The Morgan fingerprint density at radius 2 is 1.82 bits per heavy atom. The van der Waals surface area contributed by atoms with Crippen LogP contribution in [0.1, 0.15) is 33.6 Å². The van der Waals surface area contributed by atoms with Gasteiger partial charge in [-0.2, -0.15) is 0 Å². The first-order valence-electron chi connectivity index (χ1n) is 10.3. The summed E-state index contributed by atoms with van der Waals surface area (Å²) in [6.07, 6.45) is 1.62. The highest BCUT2D eigenvalue weighted by Gasteiger charge is 2.27. The summed E-state index contributed by atoms with van der Waals surface area (Å²) in [5.41, 5.74) is 0. The molecule has 2 fully saturated rings. The van der Waals surface area contributed by atoms with Crippen molar-refractivity contribution < 1.29 is 13.2 Å². The second-order valence-corrected chi connectivity index (χ2v) is 9.71. The van der Waals surface area contributed by atoms with Crippen LogP contribution >= 0.6 is 24.0 Å². The van der Waals surface area contributed by atoms with Gasteiger partial charge in [0, 0.05) is 51.9 Å². The smallest absolute Gasteiger partial charge is 0.213 e. The van der Waals surface area contributed by atoms with Crippen LogP contribution < -0.4 is 10.6 Å². The number of halogens is 1. The van der Waals surface area contributed by atoms with Gasteiger partial charge >= 0.3 is 0 Å². The highest BCUT2D eigenvalue weighted by atomic mass is 127. The van der Waals surface area contributed by atoms with E-state index in [9.17, 15) is 8.42 Å². The lowest BCUT2D eigenvalue weighted by molar-refractivity contribution is 0.0323. The summed E-state index contributed by atoms with van der Waals surface area (Å²) in [5.74, 6) is 1.49. The molecule has 2 saturated heterocycles. The van der Waals surface area contributed by atoms with E-state index in [-0.39, 0.29) is 35.8 Å². The van der Waals surface area contributed by atoms with Crippen molar-refractivity contribution in [2.24, 2.45) is 10.9 Å². The van der Waals surface area contributed by atoms with Crippen LogP contribution in [0.3, 0.4) is 0 Å². The Labute approximate surface area is 187 Å². The van der Waals surface area contributed by atoms with Gasteiger partial charge in [-0.25, -0.2) is 12.7 Å². The van der Waals surface area contributed by atoms with Crippen LogP contribution in [-0.2, 0) is 14.8 Å². The summed E-state index contributed by atoms with van der Waals surface area (Å²) in [6, 6.07) is 0.264. The van der Waals surface area contributed by atoms with Crippen molar-refractivity contribution in [2.45, 2.75) is 39.7 Å². The molecule has 0 bridgehead atoms. The molecule has 2 N–H and O–H groups in total. The highest BCUT2D eigenvalue weighted by molar-refractivity contribution is 14.0. The second kappa shape index (κ2) is 13.2. The normalized spacial score (nSPS) is 21.8. The fraction of sp³-hybridized carbons (Fsp3) is 0.944. The molecule has 2 aliphatic heterocycles. The molecule has 0 aromatic rings. The van der Waals surface area contributed by atoms with E-state index in [1.54, 1.807) is 11.2 Å². The van der Waals surface area contributed by atoms with Crippen molar-refractivity contribution >= 4 is 40.0 Å². The molecule has 0 amide bonds. The lowest BCUT2D eigenvalue weighted by atomic mass is 10.1. The number of aliphatic imine (C=N–C) groups is 1. The van der Waals surface area contributed by atoms with Gasteiger partial charge in [-0.15, -0.1) is 24.0 Å². The van der Waals surface area contributed by atoms with Crippen molar-refractivity contribution in [2.75, 3.05) is 64.8 Å². The third kappa shape index (κ3) is 8.68. The molecule has 10 heteroatoms. The van der Waals surface area contributed by atoms with E-state index in [4.69, 9.17) is 9.73 Å². The summed E-state index contributed by atoms with van der Waals surface area (Å²) in [4.78, 5) is 7.20. The maximum atomic E-state index is 12.0. The lowest BCUT2D eigenvalue weighted by Gasteiger charge is -2.32. The number of hydrogen-bond acceptors (Lipinski definition) is 5. The molecule has 0 saturated carbocycles. The van der Waals surface area contributed by atoms with Gasteiger partial charge in [0.15, 0.2) is 5.96 Å². The number of sulfonamides is 1. The predicted molar refractivity (Wildman–Crippen MR) is 125 cm³/mol. The molecule has 1 atom stereocenters. The fourth-order valence-electron chi connectivity index (χ4n) is 3.50. The van der Waals surface area contributed by atoms with Crippen LogP contribution in [0.5, 0.6) is 0 Å². The molecule has 0 aromatic heterocycles. The third-order valence-electron chi connectivity index (χ3n) is 5.13. The Balaban J connectivity index is 0.00000392. The summed E-state index contributed by atoms with van der Waals surface area (Å²) in [6.45, 7) is 13.5. The summed E-state index contributed by atoms with van der Waals surface area (Å²) in [7, 11) is -3.07. The Morgan fingerprint density at radius 3 is 2.39 bits per heavy atom. The molecule has 0 aromatic carbocycles. The first-order valence-corrected chi connectivity index (χ1v) is 11.9. The van der Waals surface area contributed by atoms with Crippen molar-refractivity contribution in [1.82, 2.24) is 19.8 Å². The van der Waals surface area contributed by atoms with Gasteiger partial charge in [0.05, 0.1) is 19.0 Å². The van der Waals surface area contributed by atoms with Gasteiger partial charge in [0.2, 0.25) is 10.0 Å². The minimum absolute atomic E-state index is 0. The minimum Gasteiger partial charge on any atom is -0.379 e. The SMILES string of the molecule is CCNC(=NCC(C)CN1CCOCC1)NC1CCN(S(=O)(=O)CC)CC1.I. The van der Waals surface area contributed by atoms with E-state index < -0.39 is 10.0 Å². The number of hydrogen-bond donors (Lipinski definition) is 2. The maximum absolute atomic E-state index is 12.0. The lowest BCUT2D eigenvalue weighted by Crippen LogP contribution is -2.50. The van der Waals surface area contributed by atoms with Crippen LogP contribution in [0.25, 0.3) is 0 Å². The molecule has 1 unspecified atom stereocenters. The molecule has 2 heterocycles. The average Bonchev–Trinajstić information content (AvgIpc) is 2.67. The quantitative estimate of drug-likeness (QED) is 0.276. The van der Waals surface area contributed by atoms with Crippen molar-refractivity contribution in [3.05, 3.63) is 0 Å². The number of nitrogens with zero attached hydrogens (tertiary/aromatic N) is 3. The zero-order valence-electron chi connectivity index (χ0n) is 17.5. The van der Waals surface area contributed by atoms with Gasteiger partial charge in [-0.3, -0.25) is 9.89 Å². The molecular weight excluding hydrogens is 493 g/mol. The molecule has 0 radical (unpaired) electrons. The predicted octanol–water partition coefficient (Wildman–Crippen LogP) is 0.942. The van der Waals surface area contributed by atoms with Crippen LogP contribution in [0.15, 0.2) is 4.99 Å². The molecule has 0 aliphatic carbocycles. The van der Waals surface area contributed by atoms with E-state index >= 15 is 0 Å². The maximum Gasteiger partial charge on any atom is 0.213 e. The Bertz CT molecular complexity index is 562. The number of piperidine rings is 1. The number of rotatable bonds is 8. The van der Waals surface area contributed by atoms with Crippen LogP contribution in [-0.4, -0.2) is 94.4 Å². The van der Waals surface area contributed by atoms with Crippen LogP contribution in [0, 0.1) is 5.92 Å². The summed E-state index contributed by atoms with van der Waals surface area (Å²) < 4.78 is 31.0. The summed E-state index contributed by atoms with van der Waals surface area (Å²) in [5, 5.41) is 6.80. The third-order valence-corrected chi connectivity index (χ3v) is 7.01. The monoisotopic (exact) mass is 531 g/mol. The molecular formula is C18H38IN5O3S. The fourth-order valence-corrected chi connectivity index (χ4v) is 4.64. The van der Waals surface area contributed by atoms with E-state index in [2.05, 4.69) is 29.4 Å². The average molecular weight is 532 g/mol. The van der Waals surface area contributed by atoms with Crippen molar-refractivity contribution in [1.29, 1.82) is 0 Å². The zero-order valence-corrected chi connectivity index (χ0v) is 20.7. The topological polar surface area (TPSA) is 86.3 Å². The summed E-state index contributed by atoms with van der Waals surface area (Å²) >= 11 is 0. The Kier molecular flexibility index (Phi) is 12.2. The number of guanidine groups is 1. The van der Waals surface area contributed by atoms with Crippen LogP contribution in [0.4, 0.5) is 0 Å². The van der Waals surface area contributed by atoms with Crippen molar-refractivity contribution in [3.63, 3.8) is 0 Å². The minimum atomic E-state index is -3.07. The van der Waals surface area contributed by atoms with Gasteiger partial charge in [-0.05, 0) is 32.6 Å². The molecule has 166 valence electrons. The van der Waals surface area contributed by atoms with Crippen LogP contribution in [0.2, 0.25) is 0 Å². The largest absolute Gasteiger partial charge is 0.379 e. The second-order valence-electron chi connectivity index (χ2n) is 7.46. The highest BCUT2D eigenvalue weighted by Crippen LogP contribution is 2.14. The zero-order chi connectivity index (χ0) is 19.7. The van der Waals surface area contributed by atoms with Crippen molar-refractivity contribution in [3.8, 4) is 0 Å². The molecule has 8 nitrogen and oxygen atoms in total. The Hall–Kier alpha value is -0.170. The van der Waals surface area contributed by atoms with E-state index in [1.807, 2.05) is 0 Å². The molecule has 2 aliphatic rings. The first-order chi connectivity index (χ1) is 12.9. The molecule has 0 spiro atoms. The van der Waals surface area contributed by atoms with E-state index in [0.29, 0.717) is 19.0 Å². The van der Waals surface area contributed by atoms with Gasteiger partial charge in [-0.1, -0.05) is 6.92 Å². The molecule has 28 heavy (non-hydrogen) atoms. The standard InChI is InChI=1S/C18H37N5O3S.HI/c1-4-19-18(20-14-16(3)15-22-10-12-26-13-11-22)21-17-6-8-23(9-7-17)27(24,25)5-2;/h16-17H,4-15H2,1-3H3,(H2,19,20,21);1H. The van der Waals surface area contributed by atoms with Gasteiger partial charge in [0.1, 0.15) is 0 Å².